The van der Waals surface area contributed by atoms with E-state index < -0.39 is 36.4 Å². The molecule has 0 unspecified atom stereocenters. The summed E-state index contributed by atoms with van der Waals surface area (Å²) >= 11 is 0. The number of aliphatic carboxylic acids is 3. The van der Waals surface area contributed by atoms with Crippen molar-refractivity contribution in [1.29, 1.82) is 0 Å². The number of nitrogens with one attached hydrogen (secondary N) is 1. The molecule has 1 aromatic carbocycles. The molecule has 11 heteroatoms. The Bertz CT molecular complexity index is 1070. The number of rotatable bonds is 10. The predicted molar refractivity (Wildman–Crippen MR) is 140 cm³/mol. The Balaban J connectivity index is 0.000000332. The first-order chi connectivity index (χ1) is 17.5. The molecule has 0 bridgehead atoms. The Morgan fingerprint density at radius 1 is 1.00 bits per heavy atom. The number of carboxylic acids is 3. The van der Waals surface area contributed by atoms with Crippen molar-refractivity contribution in [2.45, 2.75) is 89.2 Å². The molecule has 3 rings (SSSR count). The van der Waals surface area contributed by atoms with E-state index >= 15 is 0 Å². The quantitative estimate of drug-likeness (QED) is 0.307. The lowest BCUT2D eigenvalue weighted by molar-refractivity contribution is -0.170. The van der Waals surface area contributed by atoms with Gasteiger partial charge in [-0.05, 0) is 46.1 Å². The molecule has 2 heterocycles. The van der Waals surface area contributed by atoms with Crippen LogP contribution < -0.4 is 5.32 Å². The molecule has 0 saturated carbocycles. The fraction of sp³-hybridized carbons (Fsp3) is 0.556. The molecule has 1 fully saturated rings. The number of carboxylic acid groups (broad SMARTS) is 3. The maximum absolute atomic E-state index is 10.3. The van der Waals surface area contributed by atoms with Crippen LogP contribution in [0.5, 0.6) is 0 Å². The summed E-state index contributed by atoms with van der Waals surface area (Å²) in [6.07, 6.45) is 3.91. The van der Waals surface area contributed by atoms with E-state index in [1.165, 1.54) is 11.3 Å². The minimum Gasteiger partial charge on any atom is -0.481 e. The van der Waals surface area contributed by atoms with Gasteiger partial charge in [0.2, 0.25) is 0 Å². The largest absolute Gasteiger partial charge is 0.481 e. The smallest absolute Gasteiger partial charge is 0.336 e. The summed E-state index contributed by atoms with van der Waals surface area (Å²) in [7, 11) is 2.08. The van der Waals surface area contributed by atoms with Crippen molar-refractivity contribution < 1.29 is 34.8 Å². The van der Waals surface area contributed by atoms with E-state index in [1.54, 1.807) is 0 Å². The zero-order valence-electron chi connectivity index (χ0n) is 22.7. The lowest BCUT2D eigenvalue weighted by Crippen LogP contribution is -2.62. The van der Waals surface area contributed by atoms with Gasteiger partial charge in [0.25, 0.3) is 0 Å². The number of imidazole rings is 1. The van der Waals surface area contributed by atoms with Crippen molar-refractivity contribution in [3.05, 3.63) is 54.1 Å². The molecule has 210 valence electrons. The second kappa shape index (κ2) is 12.5. The summed E-state index contributed by atoms with van der Waals surface area (Å²) in [5, 5.41) is 37.6. The van der Waals surface area contributed by atoms with Crippen LogP contribution in [0.4, 0.5) is 0 Å². The third-order valence-electron chi connectivity index (χ3n) is 6.48. The molecule has 0 amide bonds. The second-order valence-corrected chi connectivity index (χ2v) is 11.3. The standard InChI is InChI=1S/C21H32N4.C6H8O7/c1-20(2)11-18(12-21(3,4)23-20)25(14-17-9-7-6-8-10-17)15-19-13-22-16-24(19)5;7-3(8)1-6(13,5(11)12)2-4(9)10/h6-10,13,16,18,23H,11-12,14-15H2,1-5H3;13H,1-2H2,(H,7,8)(H,9,10)(H,11,12). The van der Waals surface area contributed by atoms with Gasteiger partial charge in [-0.3, -0.25) is 14.5 Å². The van der Waals surface area contributed by atoms with E-state index in [1.807, 2.05) is 12.5 Å². The summed E-state index contributed by atoms with van der Waals surface area (Å²) < 4.78 is 2.13. The van der Waals surface area contributed by atoms with E-state index in [2.05, 4.69) is 84.8 Å². The van der Waals surface area contributed by atoms with Crippen molar-refractivity contribution in [2.24, 2.45) is 7.05 Å². The molecule has 0 aliphatic carbocycles. The molecule has 0 atom stereocenters. The molecule has 1 aliphatic rings. The highest BCUT2D eigenvalue weighted by Gasteiger charge is 2.41. The van der Waals surface area contributed by atoms with Crippen LogP contribution in [-0.2, 0) is 34.5 Å². The highest BCUT2D eigenvalue weighted by molar-refractivity contribution is 5.88. The third-order valence-corrected chi connectivity index (χ3v) is 6.48. The lowest BCUT2D eigenvalue weighted by atomic mass is 9.79. The zero-order chi connectivity index (χ0) is 28.7. The first-order valence-corrected chi connectivity index (χ1v) is 12.4. The lowest BCUT2D eigenvalue weighted by Gasteiger charge is -2.49. The minimum atomic E-state index is -2.74. The van der Waals surface area contributed by atoms with Gasteiger partial charge in [-0.25, -0.2) is 9.78 Å². The maximum Gasteiger partial charge on any atom is 0.336 e. The molecular weight excluding hydrogens is 492 g/mol. The van der Waals surface area contributed by atoms with Gasteiger partial charge in [0.1, 0.15) is 0 Å². The summed E-state index contributed by atoms with van der Waals surface area (Å²) in [6.45, 7) is 11.2. The monoisotopic (exact) mass is 532 g/mol. The number of benzene rings is 1. The van der Waals surface area contributed by atoms with Gasteiger partial charge >= 0.3 is 17.9 Å². The summed E-state index contributed by atoms with van der Waals surface area (Å²) in [5.74, 6) is -5.02. The fourth-order valence-electron chi connectivity index (χ4n) is 5.12. The summed E-state index contributed by atoms with van der Waals surface area (Å²) in [6, 6.07) is 11.4. The van der Waals surface area contributed by atoms with E-state index in [9.17, 15) is 14.4 Å². The molecular formula is C27H40N4O7. The Hall–Kier alpha value is -3.28. The first kappa shape index (κ1) is 30.9. The van der Waals surface area contributed by atoms with Gasteiger partial charge in [0.05, 0.1) is 24.9 Å². The predicted octanol–water partition coefficient (Wildman–Crippen LogP) is 2.48. The molecule has 38 heavy (non-hydrogen) atoms. The number of nitrogens with zero attached hydrogens (tertiary/aromatic N) is 3. The molecule has 1 aliphatic heterocycles. The number of carbonyl (C=O) groups is 3. The summed E-state index contributed by atoms with van der Waals surface area (Å²) in [4.78, 5) is 37.4. The molecule has 11 nitrogen and oxygen atoms in total. The highest BCUT2D eigenvalue weighted by atomic mass is 16.4. The van der Waals surface area contributed by atoms with Crippen LogP contribution in [0.25, 0.3) is 0 Å². The van der Waals surface area contributed by atoms with Gasteiger partial charge < -0.3 is 30.3 Å². The number of piperidine rings is 1. The third kappa shape index (κ3) is 9.55. The van der Waals surface area contributed by atoms with E-state index in [0.717, 1.165) is 25.9 Å². The Labute approximate surface area is 223 Å². The van der Waals surface area contributed by atoms with Crippen LogP contribution >= 0.6 is 0 Å². The Morgan fingerprint density at radius 3 is 1.95 bits per heavy atom. The van der Waals surface area contributed by atoms with Crippen LogP contribution in [0, 0.1) is 0 Å². The van der Waals surface area contributed by atoms with Gasteiger partial charge in [-0.2, -0.15) is 0 Å². The topological polar surface area (TPSA) is 165 Å². The number of aryl methyl sites for hydroxylation is 1. The van der Waals surface area contributed by atoms with Crippen LogP contribution in [0.2, 0.25) is 0 Å². The first-order valence-electron chi connectivity index (χ1n) is 12.4. The normalized spacial score (nSPS) is 16.9. The van der Waals surface area contributed by atoms with Gasteiger partial charge in [-0.1, -0.05) is 30.3 Å². The van der Waals surface area contributed by atoms with Crippen molar-refractivity contribution >= 4 is 17.9 Å². The highest BCUT2D eigenvalue weighted by Crippen LogP contribution is 2.33. The van der Waals surface area contributed by atoms with Crippen LogP contribution in [0.3, 0.4) is 0 Å². The van der Waals surface area contributed by atoms with Crippen molar-refractivity contribution in [3.8, 4) is 0 Å². The van der Waals surface area contributed by atoms with Crippen LogP contribution in [-0.4, -0.2) is 75.5 Å². The number of hydrogen-bond donors (Lipinski definition) is 5. The maximum atomic E-state index is 10.3. The molecule has 0 radical (unpaired) electrons. The van der Waals surface area contributed by atoms with Crippen molar-refractivity contribution in [1.82, 2.24) is 19.8 Å². The number of hydrogen-bond acceptors (Lipinski definition) is 7. The minimum absolute atomic E-state index is 0.147. The van der Waals surface area contributed by atoms with Gasteiger partial charge in [0.15, 0.2) is 5.60 Å². The van der Waals surface area contributed by atoms with Gasteiger partial charge in [0, 0.05) is 43.5 Å². The average Bonchev–Trinajstić information content (AvgIpc) is 3.15. The van der Waals surface area contributed by atoms with E-state index in [0.29, 0.717) is 6.04 Å². The molecule has 5 N–H and O–H groups in total. The zero-order valence-corrected chi connectivity index (χ0v) is 22.7. The van der Waals surface area contributed by atoms with Crippen molar-refractivity contribution in [3.63, 3.8) is 0 Å². The van der Waals surface area contributed by atoms with Gasteiger partial charge in [-0.15, -0.1) is 0 Å². The van der Waals surface area contributed by atoms with E-state index in [-0.39, 0.29) is 11.1 Å². The van der Waals surface area contributed by atoms with E-state index in [4.69, 9.17) is 20.4 Å². The molecule has 2 aromatic rings. The average molecular weight is 533 g/mol. The molecule has 1 saturated heterocycles. The Morgan fingerprint density at radius 2 is 1.53 bits per heavy atom. The van der Waals surface area contributed by atoms with Crippen molar-refractivity contribution in [2.75, 3.05) is 0 Å². The molecule has 0 spiro atoms. The number of aromatic nitrogens is 2. The second-order valence-electron chi connectivity index (χ2n) is 11.3. The van der Waals surface area contributed by atoms with Crippen LogP contribution in [0.15, 0.2) is 42.9 Å². The Kier molecular flexibility index (Phi) is 10.2. The SMILES string of the molecule is Cn1cncc1CN(Cc1ccccc1)C1CC(C)(C)NC(C)(C)C1.O=C(O)CC(O)(CC(=O)O)C(=O)O. The summed E-state index contributed by atoms with van der Waals surface area (Å²) in [5.41, 5.74) is 0.197. The van der Waals surface area contributed by atoms with Crippen LogP contribution in [0.1, 0.15) is 64.6 Å². The number of aliphatic hydroxyl groups is 1. The fourth-order valence-corrected chi connectivity index (χ4v) is 5.12. The molecule has 1 aromatic heterocycles.